The van der Waals surface area contributed by atoms with E-state index >= 15 is 0 Å². The molecule has 12 heavy (non-hydrogen) atoms. The first-order valence-electron chi connectivity index (χ1n) is 3.51. The molecule has 0 aromatic carbocycles. The monoisotopic (exact) mass is 158 g/mol. The van der Waals surface area contributed by atoms with E-state index in [4.69, 9.17) is 5.26 Å². The predicted molar refractivity (Wildman–Crippen MR) is 43.3 cm³/mol. The Bertz CT molecular complexity index is 463. The fourth-order valence-electron chi connectivity index (χ4n) is 1.22. The van der Waals surface area contributed by atoms with Crippen LogP contribution in [0.1, 0.15) is 11.3 Å². The topological polar surface area (TPSA) is 65.4 Å². The third-order valence-corrected chi connectivity index (χ3v) is 1.77. The van der Waals surface area contributed by atoms with E-state index in [1.165, 1.54) is 0 Å². The van der Waals surface area contributed by atoms with Gasteiger partial charge in [0.1, 0.15) is 6.07 Å². The average molecular weight is 158 g/mol. The molecule has 0 aliphatic rings. The van der Waals surface area contributed by atoms with Gasteiger partial charge in [0.05, 0.1) is 23.0 Å². The summed E-state index contributed by atoms with van der Waals surface area (Å²) in [5.41, 5.74) is 2.22. The van der Waals surface area contributed by atoms with Crippen LogP contribution in [-0.4, -0.2) is 15.2 Å². The summed E-state index contributed by atoms with van der Waals surface area (Å²) in [5.74, 6) is 0. The van der Waals surface area contributed by atoms with Crippen molar-refractivity contribution in [1.29, 1.82) is 5.26 Å². The SMILES string of the molecule is Cc1n[nH]c2cncc(C#N)c12. The number of hydrogen-bond donors (Lipinski definition) is 1. The maximum absolute atomic E-state index is 8.75. The first kappa shape index (κ1) is 6.80. The molecule has 0 aliphatic heterocycles. The lowest BCUT2D eigenvalue weighted by Crippen LogP contribution is -1.80. The molecule has 2 heterocycles. The van der Waals surface area contributed by atoms with Crippen molar-refractivity contribution in [1.82, 2.24) is 15.2 Å². The molecule has 2 aromatic rings. The van der Waals surface area contributed by atoms with E-state index in [0.717, 1.165) is 16.6 Å². The molecule has 0 saturated heterocycles. The van der Waals surface area contributed by atoms with Gasteiger partial charge < -0.3 is 0 Å². The van der Waals surface area contributed by atoms with Crippen LogP contribution in [0.5, 0.6) is 0 Å². The Morgan fingerprint density at radius 3 is 3.08 bits per heavy atom. The molecule has 58 valence electrons. The lowest BCUT2D eigenvalue weighted by Gasteiger charge is -1.90. The van der Waals surface area contributed by atoms with E-state index in [-0.39, 0.29) is 0 Å². The second-order valence-corrected chi connectivity index (χ2v) is 2.53. The molecule has 2 rings (SSSR count). The summed E-state index contributed by atoms with van der Waals surface area (Å²) in [5, 5.41) is 16.4. The van der Waals surface area contributed by atoms with Gasteiger partial charge in [0.2, 0.25) is 0 Å². The van der Waals surface area contributed by atoms with Crippen molar-refractivity contribution in [2.75, 3.05) is 0 Å². The molecule has 0 unspecified atom stereocenters. The van der Waals surface area contributed by atoms with Gasteiger partial charge in [0.25, 0.3) is 0 Å². The van der Waals surface area contributed by atoms with Crippen molar-refractivity contribution in [3.8, 4) is 6.07 Å². The van der Waals surface area contributed by atoms with Crippen LogP contribution in [0.4, 0.5) is 0 Å². The summed E-state index contributed by atoms with van der Waals surface area (Å²) >= 11 is 0. The number of aromatic nitrogens is 3. The van der Waals surface area contributed by atoms with E-state index in [2.05, 4.69) is 21.3 Å². The summed E-state index contributed by atoms with van der Waals surface area (Å²) in [4.78, 5) is 3.90. The summed E-state index contributed by atoms with van der Waals surface area (Å²) in [7, 11) is 0. The minimum Gasteiger partial charge on any atom is -0.276 e. The van der Waals surface area contributed by atoms with Gasteiger partial charge in [-0.1, -0.05) is 0 Å². The van der Waals surface area contributed by atoms with E-state index < -0.39 is 0 Å². The molecule has 0 atom stereocenters. The fourth-order valence-corrected chi connectivity index (χ4v) is 1.22. The van der Waals surface area contributed by atoms with Crippen molar-refractivity contribution in [2.45, 2.75) is 6.92 Å². The summed E-state index contributed by atoms with van der Waals surface area (Å²) < 4.78 is 0. The number of fused-ring (bicyclic) bond motifs is 1. The third kappa shape index (κ3) is 0.768. The Morgan fingerprint density at radius 2 is 2.33 bits per heavy atom. The van der Waals surface area contributed by atoms with Crippen molar-refractivity contribution in [2.24, 2.45) is 0 Å². The number of aromatic amines is 1. The predicted octanol–water partition coefficient (Wildman–Crippen LogP) is 1.14. The highest BCUT2D eigenvalue weighted by Gasteiger charge is 2.05. The van der Waals surface area contributed by atoms with Gasteiger partial charge >= 0.3 is 0 Å². The molecular weight excluding hydrogens is 152 g/mol. The molecule has 4 heteroatoms. The number of hydrogen-bond acceptors (Lipinski definition) is 3. The van der Waals surface area contributed by atoms with Crippen LogP contribution in [0, 0.1) is 18.3 Å². The normalized spacial score (nSPS) is 10.0. The molecular formula is C8H6N4. The quantitative estimate of drug-likeness (QED) is 0.625. The van der Waals surface area contributed by atoms with E-state index in [1.807, 2.05) is 6.92 Å². The van der Waals surface area contributed by atoms with Crippen LogP contribution < -0.4 is 0 Å². The highest BCUT2D eigenvalue weighted by Crippen LogP contribution is 2.17. The van der Waals surface area contributed by atoms with Crippen molar-refractivity contribution >= 4 is 10.9 Å². The van der Waals surface area contributed by atoms with Crippen molar-refractivity contribution in [3.63, 3.8) is 0 Å². The van der Waals surface area contributed by atoms with Gasteiger partial charge in [-0.25, -0.2) is 0 Å². The van der Waals surface area contributed by atoms with Crippen molar-refractivity contribution in [3.05, 3.63) is 23.7 Å². The fraction of sp³-hybridized carbons (Fsp3) is 0.125. The maximum Gasteiger partial charge on any atom is 0.102 e. The Labute approximate surface area is 68.9 Å². The number of nitrogens with zero attached hydrogens (tertiary/aromatic N) is 3. The van der Waals surface area contributed by atoms with Crippen molar-refractivity contribution < 1.29 is 0 Å². The van der Waals surface area contributed by atoms with Crippen LogP contribution in [0.25, 0.3) is 10.9 Å². The molecule has 0 bridgehead atoms. The highest BCUT2D eigenvalue weighted by atomic mass is 15.1. The van der Waals surface area contributed by atoms with Crippen LogP contribution in [-0.2, 0) is 0 Å². The summed E-state index contributed by atoms with van der Waals surface area (Å²) in [6.45, 7) is 1.86. The Morgan fingerprint density at radius 1 is 1.50 bits per heavy atom. The highest BCUT2D eigenvalue weighted by molar-refractivity contribution is 5.85. The van der Waals surface area contributed by atoms with Crippen LogP contribution in [0.15, 0.2) is 12.4 Å². The second kappa shape index (κ2) is 2.31. The summed E-state index contributed by atoms with van der Waals surface area (Å²) in [6, 6.07) is 2.07. The molecule has 0 spiro atoms. The lowest BCUT2D eigenvalue weighted by atomic mass is 10.2. The van der Waals surface area contributed by atoms with E-state index in [1.54, 1.807) is 12.4 Å². The largest absolute Gasteiger partial charge is 0.276 e. The summed E-state index contributed by atoms with van der Waals surface area (Å²) in [6.07, 6.45) is 3.21. The first-order chi connectivity index (χ1) is 5.83. The van der Waals surface area contributed by atoms with Gasteiger partial charge in [-0.15, -0.1) is 0 Å². The zero-order chi connectivity index (χ0) is 8.55. The van der Waals surface area contributed by atoms with Gasteiger partial charge in [0.15, 0.2) is 0 Å². The average Bonchev–Trinajstić information content (AvgIpc) is 2.48. The van der Waals surface area contributed by atoms with Gasteiger partial charge in [0, 0.05) is 11.6 Å². The van der Waals surface area contributed by atoms with Gasteiger partial charge in [-0.05, 0) is 6.92 Å². The third-order valence-electron chi connectivity index (χ3n) is 1.77. The number of aryl methyl sites for hydroxylation is 1. The van der Waals surface area contributed by atoms with Crippen LogP contribution in [0.2, 0.25) is 0 Å². The zero-order valence-electron chi connectivity index (χ0n) is 6.50. The Kier molecular flexibility index (Phi) is 1.31. The van der Waals surface area contributed by atoms with Gasteiger partial charge in [-0.3, -0.25) is 10.1 Å². The van der Waals surface area contributed by atoms with Gasteiger partial charge in [-0.2, -0.15) is 10.4 Å². The van der Waals surface area contributed by atoms with E-state index in [9.17, 15) is 0 Å². The molecule has 0 radical (unpaired) electrons. The minimum atomic E-state index is 0.568. The number of nitriles is 1. The molecule has 0 saturated carbocycles. The van der Waals surface area contributed by atoms with Crippen LogP contribution in [0.3, 0.4) is 0 Å². The molecule has 0 aliphatic carbocycles. The number of pyridine rings is 1. The Balaban J connectivity index is 2.96. The standard InChI is InChI=1S/C8H6N4/c1-5-8-6(2-9)3-10-4-7(8)12-11-5/h3-4H,1H3,(H,11,12). The lowest BCUT2D eigenvalue weighted by molar-refractivity contribution is 1.07. The minimum absolute atomic E-state index is 0.568. The Hall–Kier alpha value is -1.89. The number of H-pyrrole nitrogens is 1. The smallest absolute Gasteiger partial charge is 0.102 e. The molecule has 2 aromatic heterocycles. The number of rotatable bonds is 0. The maximum atomic E-state index is 8.75. The molecule has 0 fully saturated rings. The first-order valence-corrected chi connectivity index (χ1v) is 3.51. The second-order valence-electron chi connectivity index (χ2n) is 2.53. The molecule has 0 amide bonds. The van der Waals surface area contributed by atoms with Crippen LogP contribution >= 0.6 is 0 Å². The van der Waals surface area contributed by atoms with E-state index in [0.29, 0.717) is 5.56 Å². The molecule has 4 nitrogen and oxygen atoms in total. The zero-order valence-corrected chi connectivity index (χ0v) is 6.50. The molecule has 1 N–H and O–H groups in total. The number of nitrogens with one attached hydrogen (secondary N) is 1.